The molecule has 0 aromatic heterocycles. The molecule has 2 aromatic carbocycles. The van der Waals surface area contributed by atoms with Crippen LogP contribution < -0.4 is 0 Å². The van der Waals surface area contributed by atoms with Crippen molar-refractivity contribution in [2.24, 2.45) is 10.2 Å². The van der Waals surface area contributed by atoms with Gasteiger partial charge in [-0.15, -0.1) is 0 Å². The lowest BCUT2D eigenvalue weighted by atomic mass is 9.97. The van der Waals surface area contributed by atoms with Gasteiger partial charge in [-0.1, -0.05) is 59.7 Å². The van der Waals surface area contributed by atoms with Crippen LogP contribution >= 0.6 is 0 Å². The maximum Gasteiger partial charge on any atom is 0.208 e. The van der Waals surface area contributed by atoms with Gasteiger partial charge in [0.1, 0.15) is 0 Å². The van der Waals surface area contributed by atoms with Crippen molar-refractivity contribution in [2.75, 3.05) is 0 Å². The van der Waals surface area contributed by atoms with Crippen LogP contribution in [0.4, 0.5) is 0 Å². The SMILES string of the molecule is Cc1ccc(C2(c3ccc(C)cc3)N=NC(C)(C)S2=O)cc1. The molecule has 4 heteroatoms. The van der Waals surface area contributed by atoms with Crippen LogP contribution in [0.1, 0.15) is 36.1 Å². The fourth-order valence-electron chi connectivity index (χ4n) is 2.68. The van der Waals surface area contributed by atoms with Crippen molar-refractivity contribution in [1.29, 1.82) is 0 Å². The van der Waals surface area contributed by atoms with Gasteiger partial charge in [0, 0.05) is 0 Å². The first-order chi connectivity index (χ1) is 10.4. The van der Waals surface area contributed by atoms with Crippen LogP contribution in [-0.2, 0) is 15.7 Å². The predicted molar refractivity (Wildman–Crippen MR) is 90.2 cm³/mol. The third kappa shape index (κ3) is 2.22. The highest BCUT2D eigenvalue weighted by molar-refractivity contribution is 7.87. The average molecular weight is 312 g/mol. The number of hydrogen-bond acceptors (Lipinski definition) is 3. The smallest absolute Gasteiger partial charge is 0.208 e. The summed E-state index contributed by atoms with van der Waals surface area (Å²) < 4.78 is 13.2. The number of benzene rings is 2. The lowest BCUT2D eigenvalue weighted by Crippen LogP contribution is -2.35. The number of aryl methyl sites for hydroxylation is 2. The lowest BCUT2D eigenvalue weighted by Gasteiger charge is -2.27. The van der Waals surface area contributed by atoms with Crippen LogP contribution in [0.25, 0.3) is 0 Å². The van der Waals surface area contributed by atoms with Gasteiger partial charge >= 0.3 is 0 Å². The van der Waals surface area contributed by atoms with E-state index in [2.05, 4.69) is 10.2 Å². The van der Waals surface area contributed by atoms with Gasteiger partial charge in [0.05, 0.1) is 10.8 Å². The Morgan fingerprint density at radius 2 is 1.18 bits per heavy atom. The fourth-order valence-corrected chi connectivity index (χ4v) is 4.33. The van der Waals surface area contributed by atoms with Gasteiger partial charge in [-0.25, -0.2) is 0 Å². The van der Waals surface area contributed by atoms with E-state index in [9.17, 15) is 4.21 Å². The van der Waals surface area contributed by atoms with Crippen molar-refractivity contribution in [3.8, 4) is 0 Å². The molecular formula is C18H20N2OS. The molecule has 0 spiro atoms. The Bertz CT molecular complexity index is 700. The van der Waals surface area contributed by atoms with Gasteiger partial charge in [0.2, 0.25) is 4.87 Å². The van der Waals surface area contributed by atoms with E-state index >= 15 is 0 Å². The Morgan fingerprint density at radius 3 is 1.50 bits per heavy atom. The summed E-state index contributed by atoms with van der Waals surface area (Å²) >= 11 is 0. The van der Waals surface area contributed by atoms with Crippen molar-refractivity contribution < 1.29 is 4.21 Å². The quantitative estimate of drug-likeness (QED) is 0.807. The first-order valence-corrected chi connectivity index (χ1v) is 8.51. The number of hydrogen-bond donors (Lipinski definition) is 0. The second-order valence-electron chi connectivity index (χ2n) is 6.29. The summed E-state index contributed by atoms with van der Waals surface area (Å²) in [6.07, 6.45) is 0. The highest BCUT2D eigenvalue weighted by atomic mass is 32.2. The molecule has 0 N–H and O–H groups in total. The van der Waals surface area contributed by atoms with Crippen molar-refractivity contribution >= 4 is 10.8 Å². The molecule has 1 heterocycles. The summed E-state index contributed by atoms with van der Waals surface area (Å²) in [4.78, 5) is -1.60. The summed E-state index contributed by atoms with van der Waals surface area (Å²) in [7, 11) is -1.28. The zero-order valence-electron chi connectivity index (χ0n) is 13.3. The summed E-state index contributed by atoms with van der Waals surface area (Å²) in [5.74, 6) is 0. The fraction of sp³-hybridized carbons (Fsp3) is 0.333. The number of azo groups is 1. The molecule has 0 saturated carbocycles. The molecule has 0 fully saturated rings. The molecule has 0 radical (unpaired) electrons. The Kier molecular flexibility index (Phi) is 3.52. The molecule has 114 valence electrons. The zero-order valence-corrected chi connectivity index (χ0v) is 14.1. The number of nitrogens with zero attached hydrogens (tertiary/aromatic N) is 2. The molecule has 0 amide bonds. The average Bonchev–Trinajstić information content (AvgIpc) is 2.73. The first-order valence-electron chi connectivity index (χ1n) is 7.36. The number of rotatable bonds is 2. The van der Waals surface area contributed by atoms with Crippen molar-refractivity contribution in [1.82, 2.24) is 0 Å². The molecule has 1 atom stereocenters. The maximum atomic E-state index is 13.2. The van der Waals surface area contributed by atoms with Crippen molar-refractivity contribution in [3.63, 3.8) is 0 Å². The zero-order chi connectivity index (χ0) is 16.0. The van der Waals surface area contributed by atoms with Crippen molar-refractivity contribution in [2.45, 2.75) is 37.4 Å². The molecule has 3 nitrogen and oxygen atoms in total. The molecule has 1 unspecified atom stereocenters. The summed E-state index contributed by atoms with van der Waals surface area (Å²) in [6, 6.07) is 16.2. The third-order valence-electron chi connectivity index (χ3n) is 4.04. The molecule has 2 aromatic rings. The van der Waals surface area contributed by atoms with Crippen LogP contribution in [0, 0.1) is 13.8 Å². The van der Waals surface area contributed by atoms with Crippen LogP contribution in [0.2, 0.25) is 0 Å². The Labute approximate surface area is 133 Å². The van der Waals surface area contributed by atoms with Crippen LogP contribution in [0.5, 0.6) is 0 Å². The molecule has 0 bridgehead atoms. The van der Waals surface area contributed by atoms with Gasteiger partial charge in [-0.3, -0.25) is 4.21 Å². The molecule has 3 rings (SSSR count). The molecule has 22 heavy (non-hydrogen) atoms. The minimum absolute atomic E-state index is 0.685. The second-order valence-corrected chi connectivity index (χ2v) is 8.42. The van der Waals surface area contributed by atoms with E-state index in [4.69, 9.17) is 0 Å². The lowest BCUT2D eigenvalue weighted by molar-refractivity contribution is 0.639. The molecule has 1 aliphatic heterocycles. The third-order valence-corrected chi connectivity index (χ3v) is 6.12. The largest absolute Gasteiger partial charge is 0.254 e. The van der Waals surface area contributed by atoms with E-state index in [1.54, 1.807) is 0 Å². The van der Waals surface area contributed by atoms with E-state index in [0.717, 1.165) is 11.1 Å². The molecule has 0 saturated heterocycles. The Balaban J connectivity index is 2.24. The highest BCUT2D eigenvalue weighted by Gasteiger charge is 2.52. The van der Waals surface area contributed by atoms with Gasteiger partial charge in [0.25, 0.3) is 0 Å². The molecular weight excluding hydrogens is 292 g/mol. The predicted octanol–water partition coefficient (Wildman–Crippen LogP) is 4.46. The Hall–Kier alpha value is -1.81. The monoisotopic (exact) mass is 312 g/mol. The van der Waals surface area contributed by atoms with E-state index in [1.807, 2.05) is 76.2 Å². The van der Waals surface area contributed by atoms with Crippen molar-refractivity contribution in [3.05, 3.63) is 70.8 Å². The van der Waals surface area contributed by atoms with Crippen LogP contribution in [-0.4, -0.2) is 9.08 Å². The van der Waals surface area contributed by atoms with E-state index in [-0.39, 0.29) is 0 Å². The minimum Gasteiger partial charge on any atom is -0.254 e. The summed E-state index contributed by atoms with van der Waals surface area (Å²) in [6.45, 7) is 7.83. The van der Waals surface area contributed by atoms with Gasteiger partial charge in [-0.05, 0) is 38.8 Å². The van der Waals surface area contributed by atoms with Crippen LogP contribution in [0.3, 0.4) is 0 Å². The molecule has 1 aliphatic rings. The molecule has 0 aliphatic carbocycles. The minimum atomic E-state index is -1.28. The van der Waals surface area contributed by atoms with Crippen LogP contribution in [0.15, 0.2) is 58.8 Å². The Morgan fingerprint density at radius 1 is 0.773 bits per heavy atom. The van der Waals surface area contributed by atoms with Gasteiger partial charge in [-0.2, -0.15) is 10.2 Å². The van der Waals surface area contributed by atoms with Gasteiger partial charge in [0.15, 0.2) is 4.87 Å². The highest BCUT2D eigenvalue weighted by Crippen LogP contribution is 2.47. The van der Waals surface area contributed by atoms with E-state index in [0.29, 0.717) is 0 Å². The van der Waals surface area contributed by atoms with E-state index in [1.165, 1.54) is 11.1 Å². The summed E-state index contributed by atoms with van der Waals surface area (Å²) in [5, 5.41) is 8.85. The van der Waals surface area contributed by atoms with E-state index < -0.39 is 20.5 Å². The topological polar surface area (TPSA) is 41.8 Å². The second kappa shape index (κ2) is 5.13. The maximum absolute atomic E-state index is 13.2. The summed E-state index contributed by atoms with van der Waals surface area (Å²) in [5.41, 5.74) is 4.19. The first kappa shape index (κ1) is 15.1. The van der Waals surface area contributed by atoms with Gasteiger partial charge < -0.3 is 0 Å². The standard InChI is InChI=1S/C18H20N2OS/c1-13-5-9-15(10-6-13)18(16-11-7-14(2)8-12-16)20-19-17(3,4)22(18)21/h5-12H,1-4H3. The normalized spacial score (nSPS) is 21.9.